The van der Waals surface area contributed by atoms with Gasteiger partial charge >= 0.3 is 6.03 Å². The van der Waals surface area contributed by atoms with Crippen LogP contribution < -0.4 is 19.7 Å². The van der Waals surface area contributed by atoms with Gasteiger partial charge in [-0.05, 0) is 77.3 Å². The Labute approximate surface area is 193 Å². The van der Waals surface area contributed by atoms with Crippen LogP contribution in [-0.4, -0.2) is 31.1 Å². The Bertz CT molecular complexity index is 1070. The van der Waals surface area contributed by atoms with Crippen LogP contribution in [0.15, 0.2) is 46.4 Å². The van der Waals surface area contributed by atoms with Crippen molar-refractivity contribution in [3.63, 3.8) is 0 Å². The van der Waals surface area contributed by atoms with E-state index in [2.05, 4.69) is 21.2 Å². The predicted octanol–water partition coefficient (Wildman–Crippen LogP) is 4.95. The number of barbiturate groups is 1. The Hall–Kier alpha value is -2.84. The van der Waals surface area contributed by atoms with Crippen molar-refractivity contribution >= 4 is 57.1 Å². The van der Waals surface area contributed by atoms with E-state index in [-0.39, 0.29) is 11.7 Å². The van der Waals surface area contributed by atoms with E-state index in [1.54, 1.807) is 24.3 Å². The van der Waals surface area contributed by atoms with Gasteiger partial charge in [0, 0.05) is 5.02 Å². The molecule has 7 nitrogen and oxygen atoms in total. The first-order valence-corrected chi connectivity index (χ1v) is 10.6. The van der Waals surface area contributed by atoms with Crippen molar-refractivity contribution in [3.05, 3.63) is 57.0 Å². The van der Waals surface area contributed by atoms with E-state index in [0.717, 1.165) is 11.3 Å². The molecule has 1 N–H and O–H groups in total. The Morgan fingerprint density at radius 2 is 1.87 bits per heavy atom. The first-order valence-electron chi connectivity index (χ1n) is 9.46. The highest BCUT2D eigenvalue weighted by Gasteiger charge is 2.36. The minimum Gasteiger partial charge on any atom is -0.493 e. The fraction of sp³-hybridized carbons (Fsp3) is 0.227. The van der Waals surface area contributed by atoms with Crippen LogP contribution in [-0.2, 0) is 9.59 Å². The first-order chi connectivity index (χ1) is 14.7. The second-order valence-electron chi connectivity index (χ2n) is 6.81. The zero-order valence-corrected chi connectivity index (χ0v) is 19.4. The summed E-state index contributed by atoms with van der Waals surface area (Å²) >= 11 is 9.34. The number of carbonyl (C=O) groups excluding carboxylic acids is 3. The van der Waals surface area contributed by atoms with Crippen molar-refractivity contribution < 1.29 is 23.9 Å². The smallest absolute Gasteiger partial charge is 0.335 e. The summed E-state index contributed by atoms with van der Waals surface area (Å²) < 4.78 is 11.9. The number of ether oxygens (including phenoxy) is 2. The van der Waals surface area contributed by atoms with Crippen molar-refractivity contribution in [1.82, 2.24) is 5.32 Å². The maximum Gasteiger partial charge on any atom is 0.335 e. The number of carbonyl (C=O) groups is 3. The molecule has 1 heterocycles. The maximum absolute atomic E-state index is 13.0. The number of rotatable bonds is 6. The van der Waals surface area contributed by atoms with E-state index in [1.165, 1.54) is 25.3 Å². The van der Waals surface area contributed by atoms with E-state index in [1.807, 2.05) is 13.8 Å². The zero-order chi connectivity index (χ0) is 22.7. The van der Waals surface area contributed by atoms with Crippen molar-refractivity contribution in [2.24, 2.45) is 0 Å². The summed E-state index contributed by atoms with van der Waals surface area (Å²) in [7, 11) is 1.50. The summed E-state index contributed by atoms with van der Waals surface area (Å²) in [6.07, 6.45) is 2.18. The van der Waals surface area contributed by atoms with Crippen LogP contribution in [0.4, 0.5) is 10.5 Å². The van der Waals surface area contributed by atoms with E-state index in [9.17, 15) is 14.4 Å². The molecule has 0 saturated carbocycles. The van der Waals surface area contributed by atoms with E-state index in [4.69, 9.17) is 21.1 Å². The predicted molar refractivity (Wildman–Crippen MR) is 122 cm³/mol. The van der Waals surface area contributed by atoms with Crippen molar-refractivity contribution in [3.8, 4) is 11.5 Å². The Kier molecular flexibility index (Phi) is 7.02. The minimum atomic E-state index is -0.828. The Morgan fingerprint density at radius 3 is 2.48 bits per heavy atom. The van der Waals surface area contributed by atoms with Crippen LogP contribution in [0.3, 0.4) is 0 Å². The Balaban J connectivity index is 2.00. The number of anilines is 1. The van der Waals surface area contributed by atoms with Gasteiger partial charge in [0.15, 0.2) is 11.5 Å². The Morgan fingerprint density at radius 1 is 1.19 bits per heavy atom. The van der Waals surface area contributed by atoms with E-state index < -0.39 is 17.8 Å². The highest BCUT2D eigenvalue weighted by Crippen LogP contribution is 2.38. The number of amides is 4. The van der Waals surface area contributed by atoms with Gasteiger partial charge in [0.05, 0.1) is 23.4 Å². The number of nitrogens with one attached hydrogen (secondary N) is 1. The molecule has 0 radical (unpaired) electrons. The molecule has 2 aromatic carbocycles. The molecule has 162 valence electrons. The second kappa shape index (κ2) is 9.53. The van der Waals surface area contributed by atoms with Crippen LogP contribution in [0.1, 0.15) is 25.8 Å². The van der Waals surface area contributed by atoms with Gasteiger partial charge in [0.2, 0.25) is 0 Å². The molecular formula is C22H20BrClN2O5. The van der Waals surface area contributed by atoms with Gasteiger partial charge in [0.25, 0.3) is 11.8 Å². The molecule has 2 aromatic rings. The molecule has 1 fully saturated rings. The molecule has 1 saturated heterocycles. The lowest BCUT2D eigenvalue weighted by atomic mass is 10.1. The highest BCUT2D eigenvalue weighted by atomic mass is 79.9. The summed E-state index contributed by atoms with van der Waals surface area (Å²) in [6.45, 7) is 3.94. The SMILES string of the molecule is CC[C@H](C)Oc1c(Br)cc(/C=C2\C(=O)NC(=O)N(c3ccc(Cl)cc3)C2=O)cc1OC. The second-order valence-corrected chi connectivity index (χ2v) is 8.10. The number of imide groups is 2. The monoisotopic (exact) mass is 506 g/mol. The largest absolute Gasteiger partial charge is 0.493 e. The molecule has 0 aliphatic carbocycles. The lowest BCUT2D eigenvalue weighted by molar-refractivity contribution is -0.122. The van der Waals surface area contributed by atoms with E-state index in [0.29, 0.717) is 32.2 Å². The van der Waals surface area contributed by atoms with Gasteiger partial charge in [-0.15, -0.1) is 0 Å². The number of hydrogen-bond donors (Lipinski definition) is 1. The van der Waals surface area contributed by atoms with Gasteiger partial charge in [-0.25, -0.2) is 9.69 Å². The van der Waals surface area contributed by atoms with Crippen LogP contribution in [0.5, 0.6) is 11.5 Å². The van der Waals surface area contributed by atoms with Gasteiger partial charge in [-0.1, -0.05) is 18.5 Å². The molecule has 1 aliphatic heterocycles. The maximum atomic E-state index is 13.0. The molecule has 0 bridgehead atoms. The third-order valence-corrected chi connectivity index (χ3v) is 5.48. The van der Waals surface area contributed by atoms with Gasteiger partial charge in [-0.3, -0.25) is 14.9 Å². The number of halogens is 2. The lowest BCUT2D eigenvalue weighted by Crippen LogP contribution is -2.54. The van der Waals surface area contributed by atoms with Crippen molar-refractivity contribution in [1.29, 1.82) is 0 Å². The third kappa shape index (κ3) is 4.91. The van der Waals surface area contributed by atoms with Gasteiger partial charge in [0.1, 0.15) is 5.57 Å². The molecule has 0 spiro atoms. The van der Waals surface area contributed by atoms with Gasteiger partial charge < -0.3 is 9.47 Å². The third-order valence-electron chi connectivity index (χ3n) is 4.64. The average Bonchev–Trinajstić information content (AvgIpc) is 2.73. The minimum absolute atomic E-state index is 0.0287. The molecule has 4 amide bonds. The standard InChI is InChI=1S/C22H20BrClN2O5/c1-4-12(2)31-19-17(23)10-13(11-18(19)30-3)9-16-20(27)25-22(29)26(21(16)28)15-7-5-14(24)6-8-15/h5-12H,4H2,1-3H3,(H,25,27,29)/b16-9+/t12-/m0/s1. The molecule has 1 aliphatic rings. The van der Waals surface area contributed by atoms with Crippen molar-refractivity contribution in [2.75, 3.05) is 12.0 Å². The molecule has 0 aromatic heterocycles. The lowest BCUT2D eigenvalue weighted by Gasteiger charge is -2.26. The number of methoxy groups -OCH3 is 1. The quantitative estimate of drug-likeness (QED) is 0.441. The topological polar surface area (TPSA) is 84.9 Å². The molecule has 0 unspecified atom stereocenters. The van der Waals surface area contributed by atoms with E-state index >= 15 is 0 Å². The average molecular weight is 508 g/mol. The molecule has 1 atom stereocenters. The summed E-state index contributed by atoms with van der Waals surface area (Å²) in [5, 5.41) is 2.65. The summed E-state index contributed by atoms with van der Waals surface area (Å²) in [5.41, 5.74) is 0.615. The summed E-state index contributed by atoms with van der Waals surface area (Å²) in [6, 6.07) is 8.67. The normalized spacial score (nSPS) is 16.4. The van der Waals surface area contributed by atoms with Crippen LogP contribution in [0.25, 0.3) is 6.08 Å². The number of hydrogen-bond acceptors (Lipinski definition) is 5. The van der Waals surface area contributed by atoms with Crippen molar-refractivity contribution in [2.45, 2.75) is 26.4 Å². The fourth-order valence-corrected chi connectivity index (χ4v) is 3.55. The number of benzene rings is 2. The molecular weight excluding hydrogens is 488 g/mol. The van der Waals surface area contributed by atoms with Gasteiger partial charge in [-0.2, -0.15) is 0 Å². The molecule has 31 heavy (non-hydrogen) atoms. The van der Waals surface area contributed by atoms with Crippen LogP contribution in [0.2, 0.25) is 5.02 Å². The first kappa shape index (κ1) is 22.8. The summed E-state index contributed by atoms with van der Waals surface area (Å²) in [4.78, 5) is 38.6. The highest BCUT2D eigenvalue weighted by molar-refractivity contribution is 9.10. The number of urea groups is 1. The molecule has 9 heteroatoms. The number of nitrogens with zero attached hydrogens (tertiary/aromatic N) is 1. The van der Waals surface area contributed by atoms with Crippen LogP contribution in [0, 0.1) is 0 Å². The fourth-order valence-electron chi connectivity index (χ4n) is 2.87. The molecule has 3 rings (SSSR count). The summed E-state index contributed by atoms with van der Waals surface area (Å²) in [5.74, 6) is -0.562. The van der Waals surface area contributed by atoms with Crippen LogP contribution >= 0.6 is 27.5 Å². The zero-order valence-electron chi connectivity index (χ0n) is 17.1.